The van der Waals surface area contributed by atoms with Crippen molar-refractivity contribution in [2.24, 2.45) is 5.73 Å². The van der Waals surface area contributed by atoms with Crippen molar-refractivity contribution in [3.05, 3.63) is 53.6 Å². The van der Waals surface area contributed by atoms with E-state index in [-0.39, 0.29) is 18.1 Å². The van der Waals surface area contributed by atoms with Crippen LogP contribution in [0.4, 0.5) is 0 Å². The predicted octanol–water partition coefficient (Wildman–Crippen LogP) is 4.04. The molecule has 4 rings (SSSR count). The lowest BCUT2D eigenvalue weighted by Gasteiger charge is -2.19. The third kappa shape index (κ3) is 10.4. The quantitative estimate of drug-likeness (QED) is 0.319. The number of carbonyl (C=O) groups is 2. The molecule has 0 aliphatic carbocycles. The Kier molecular flexibility index (Phi) is 12.2. The van der Waals surface area contributed by atoms with Gasteiger partial charge < -0.3 is 29.6 Å². The van der Waals surface area contributed by atoms with Crippen LogP contribution < -0.4 is 19.9 Å². The molecule has 2 aromatic rings. The van der Waals surface area contributed by atoms with Gasteiger partial charge in [0.1, 0.15) is 25.6 Å². The molecule has 0 aromatic heterocycles. The third-order valence-corrected chi connectivity index (χ3v) is 6.30. The molecule has 2 aliphatic heterocycles. The maximum absolute atomic E-state index is 11.8. The zero-order valence-electron chi connectivity index (χ0n) is 21.9. The average Bonchev–Trinajstić information content (AvgIpc) is 3.43. The van der Waals surface area contributed by atoms with Crippen molar-refractivity contribution in [1.29, 1.82) is 0 Å². The van der Waals surface area contributed by atoms with Gasteiger partial charge in [-0.15, -0.1) is 0 Å². The van der Waals surface area contributed by atoms with Crippen LogP contribution in [-0.4, -0.2) is 69.8 Å². The summed E-state index contributed by atoms with van der Waals surface area (Å²) < 4.78 is 21.4. The van der Waals surface area contributed by atoms with Gasteiger partial charge in [-0.3, -0.25) is 9.59 Å². The number of Topliss-reactive ketones (excluding diaryl/α,β-unsaturated/α-hetero) is 1. The Morgan fingerprint density at radius 3 is 2.35 bits per heavy atom. The SMILES string of the molecule is COCCOc1ccc(C(=O)CCCC(N)=O)cc1.c1cc2c(cc1CCCN1CCCC1)OCCO2. The third-order valence-electron chi connectivity index (χ3n) is 6.30. The highest BCUT2D eigenvalue weighted by atomic mass is 16.6. The molecule has 1 amide bonds. The van der Waals surface area contributed by atoms with E-state index in [4.69, 9.17) is 24.7 Å². The van der Waals surface area contributed by atoms with E-state index in [0.29, 0.717) is 50.6 Å². The van der Waals surface area contributed by atoms with E-state index in [9.17, 15) is 9.59 Å². The van der Waals surface area contributed by atoms with Gasteiger partial charge >= 0.3 is 0 Å². The number of fused-ring (bicyclic) bond motifs is 1. The summed E-state index contributed by atoms with van der Waals surface area (Å²) in [6, 6.07) is 13.3. The minimum absolute atomic E-state index is 0.00434. The zero-order chi connectivity index (χ0) is 26.3. The van der Waals surface area contributed by atoms with Crippen LogP contribution in [0.1, 0.15) is 54.4 Å². The minimum Gasteiger partial charge on any atom is -0.491 e. The van der Waals surface area contributed by atoms with Gasteiger partial charge in [-0.25, -0.2) is 0 Å². The van der Waals surface area contributed by atoms with Crippen LogP contribution in [-0.2, 0) is 16.0 Å². The smallest absolute Gasteiger partial charge is 0.217 e. The number of methoxy groups -OCH3 is 1. The van der Waals surface area contributed by atoms with Crippen LogP contribution in [0.15, 0.2) is 42.5 Å². The summed E-state index contributed by atoms with van der Waals surface area (Å²) in [5.74, 6) is 2.13. The number of ether oxygens (including phenoxy) is 4. The molecule has 8 heteroatoms. The molecule has 0 atom stereocenters. The molecular weight excluding hydrogens is 472 g/mol. The number of rotatable bonds is 13. The van der Waals surface area contributed by atoms with Crippen LogP contribution in [0.25, 0.3) is 0 Å². The van der Waals surface area contributed by atoms with Gasteiger partial charge in [-0.1, -0.05) is 6.07 Å². The number of carbonyl (C=O) groups excluding carboxylic acids is 2. The highest BCUT2D eigenvalue weighted by Crippen LogP contribution is 2.31. The van der Waals surface area contributed by atoms with E-state index < -0.39 is 0 Å². The molecule has 2 heterocycles. The number of aryl methyl sites for hydroxylation is 1. The molecule has 0 unspecified atom stereocenters. The molecule has 0 bridgehead atoms. The maximum atomic E-state index is 11.8. The van der Waals surface area contributed by atoms with E-state index in [0.717, 1.165) is 17.9 Å². The fourth-order valence-electron chi connectivity index (χ4n) is 4.30. The van der Waals surface area contributed by atoms with Crippen LogP contribution in [0, 0.1) is 0 Å². The summed E-state index contributed by atoms with van der Waals surface area (Å²) in [5, 5.41) is 0. The highest BCUT2D eigenvalue weighted by molar-refractivity contribution is 5.96. The van der Waals surface area contributed by atoms with Crippen LogP contribution in [0.3, 0.4) is 0 Å². The lowest BCUT2D eigenvalue weighted by molar-refractivity contribution is -0.118. The fraction of sp³-hybridized carbons (Fsp3) is 0.517. The van der Waals surface area contributed by atoms with Crippen molar-refractivity contribution in [2.45, 2.75) is 44.9 Å². The van der Waals surface area contributed by atoms with Gasteiger partial charge in [-0.05, 0) is 93.7 Å². The van der Waals surface area contributed by atoms with Gasteiger partial charge in [0.05, 0.1) is 6.61 Å². The Balaban J connectivity index is 0.000000206. The standard InChI is InChI=1S/C15H21NO2.C14H19NO4/c1-2-8-16(7-1)9-3-4-13-5-6-14-15(12-13)18-11-10-17-14;1-18-9-10-19-12-7-5-11(6-8-12)13(16)3-2-4-14(15)17/h5-6,12H,1-4,7-11H2;5-8H,2-4,9-10H2,1H3,(H2,15,17). The van der Waals surface area contributed by atoms with Crippen molar-refractivity contribution < 1.29 is 28.5 Å². The van der Waals surface area contributed by atoms with Crippen molar-refractivity contribution in [3.8, 4) is 17.2 Å². The number of nitrogens with two attached hydrogens (primary N) is 1. The van der Waals surface area contributed by atoms with Crippen molar-refractivity contribution in [2.75, 3.05) is 53.2 Å². The molecule has 2 aliphatic rings. The second-order valence-electron chi connectivity index (χ2n) is 9.24. The summed E-state index contributed by atoms with van der Waals surface area (Å²) in [7, 11) is 1.61. The lowest BCUT2D eigenvalue weighted by Crippen LogP contribution is -2.20. The summed E-state index contributed by atoms with van der Waals surface area (Å²) in [5.41, 5.74) is 6.99. The Morgan fingerprint density at radius 1 is 0.919 bits per heavy atom. The molecule has 37 heavy (non-hydrogen) atoms. The molecule has 0 radical (unpaired) electrons. The first-order valence-electron chi connectivity index (χ1n) is 13.2. The number of hydrogen-bond acceptors (Lipinski definition) is 7. The topological polar surface area (TPSA) is 100 Å². The van der Waals surface area contributed by atoms with Gasteiger partial charge in [0, 0.05) is 25.5 Å². The Morgan fingerprint density at radius 2 is 1.65 bits per heavy atom. The monoisotopic (exact) mass is 512 g/mol. The second-order valence-corrected chi connectivity index (χ2v) is 9.24. The average molecular weight is 513 g/mol. The minimum atomic E-state index is -0.380. The largest absolute Gasteiger partial charge is 0.491 e. The Labute approximate surface area is 220 Å². The van der Waals surface area contributed by atoms with E-state index in [2.05, 4.69) is 17.0 Å². The van der Waals surface area contributed by atoms with Gasteiger partial charge in [0.15, 0.2) is 17.3 Å². The molecule has 1 saturated heterocycles. The summed E-state index contributed by atoms with van der Waals surface area (Å²) in [6.45, 7) is 6.15. The number of hydrogen-bond donors (Lipinski definition) is 1. The Hall–Kier alpha value is -3.10. The first-order chi connectivity index (χ1) is 18.0. The van der Waals surface area contributed by atoms with E-state index in [1.807, 2.05) is 6.07 Å². The molecule has 0 spiro atoms. The number of amides is 1. The number of primary amides is 1. The summed E-state index contributed by atoms with van der Waals surface area (Å²) >= 11 is 0. The molecule has 0 saturated carbocycles. The molecule has 2 aromatic carbocycles. The van der Waals surface area contributed by atoms with E-state index in [1.54, 1.807) is 31.4 Å². The van der Waals surface area contributed by atoms with Gasteiger partial charge in [0.25, 0.3) is 0 Å². The normalized spacial score (nSPS) is 14.5. The predicted molar refractivity (Wildman–Crippen MR) is 143 cm³/mol. The molecule has 2 N–H and O–H groups in total. The highest BCUT2D eigenvalue weighted by Gasteiger charge is 2.13. The van der Waals surface area contributed by atoms with Crippen LogP contribution in [0.2, 0.25) is 0 Å². The van der Waals surface area contributed by atoms with Crippen molar-refractivity contribution in [3.63, 3.8) is 0 Å². The van der Waals surface area contributed by atoms with Crippen molar-refractivity contribution in [1.82, 2.24) is 4.90 Å². The number of likely N-dealkylation sites (tertiary alicyclic amines) is 1. The first kappa shape index (κ1) is 28.5. The molecular formula is C29H40N2O6. The number of nitrogens with zero attached hydrogens (tertiary/aromatic N) is 1. The van der Waals surface area contributed by atoms with E-state index >= 15 is 0 Å². The lowest BCUT2D eigenvalue weighted by atomic mass is 10.1. The van der Waals surface area contributed by atoms with Crippen LogP contribution in [0.5, 0.6) is 17.2 Å². The molecule has 8 nitrogen and oxygen atoms in total. The van der Waals surface area contributed by atoms with E-state index in [1.165, 1.54) is 44.5 Å². The van der Waals surface area contributed by atoms with Crippen molar-refractivity contribution >= 4 is 11.7 Å². The zero-order valence-corrected chi connectivity index (χ0v) is 21.9. The number of benzene rings is 2. The fourth-order valence-corrected chi connectivity index (χ4v) is 4.30. The Bertz CT molecular complexity index is 973. The summed E-state index contributed by atoms with van der Waals surface area (Å²) in [6.07, 6.45) is 6.18. The number of ketones is 1. The first-order valence-corrected chi connectivity index (χ1v) is 13.2. The van der Waals surface area contributed by atoms with Crippen LogP contribution >= 0.6 is 0 Å². The maximum Gasteiger partial charge on any atom is 0.217 e. The molecule has 202 valence electrons. The van der Waals surface area contributed by atoms with Gasteiger partial charge in [-0.2, -0.15) is 0 Å². The summed E-state index contributed by atoms with van der Waals surface area (Å²) in [4.78, 5) is 24.9. The van der Waals surface area contributed by atoms with Gasteiger partial charge in [0.2, 0.25) is 5.91 Å². The molecule has 1 fully saturated rings. The second kappa shape index (κ2) is 15.9.